The maximum absolute atomic E-state index is 5.31. The first-order valence-corrected chi connectivity index (χ1v) is 30.9. The van der Waals surface area contributed by atoms with E-state index in [0.717, 1.165) is 78.4 Å². The van der Waals surface area contributed by atoms with Gasteiger partial charge in [0.15, 0.2) is 17.5 Å². The molecule has 13 aromatic carbocycles. The molecule has 0 bridgehead atoms. The van der Waals surface area contributed by atoms with Gasteiger partial charge >= 0.3 is 0 Å². The van der Waals surface area contributed by atoms with E-state index < -0.39 is 0 Å². The van der Waals surface area contributed by atoms with Gasteiger partial charge in [0.2, 0.25) is 0 Å². The average molecular weight is 1150 g/mol. The number of aryl methyl sites for hydroxylation is 2. The van der Waals surface area contributed by atoms with Crippen LogP contribution in [0.25, 0.3) is 106 Å². The highest BCUT2D eigenvalue weighted by Crippen LogP contribution is 2.48. The van der Waals surface area contributed by atoms with Crippen LogP contribution in [0.15, 0.2) is 309 Å². The van der Waals surface area contributed by atoms with E-state index in [1.54, 1.807) is 0 Å². The molecule has 0 saturated carbocycles. The third-order valence-electron chi connectivity index (χ3n) is 18.1. The molecule has 17 rings (SSSR count). The Hall–Kier alpha value is -11.7. The molecule has 90 heavy (non-hydrogen) atoms. The van der Waals surface area contributed by atoms with Crippen LogP contribution in [0.3, 0.4) is 0 Å². The van der Waals surface area contributed by atoms with Gasteiger partial charge in [0.25, 0.3) is 6.71 Å². The van der Waals surface area contributed by atoms with Gasteiger partial charge in [0.05, 0.1) is 16.7 Å². The topological polar surface area (TPSA) is 50.1 Å². The van der Waals surface area contributed by atoms with Gasteiger partial charge in [-0.05, 0) is 166 Å². The third kappa shape index (κ3) is 9.01. The molecule has 0 spiro atoms. The molecule has 0 amide bonds. The fraction of sp³-hybridized carbons (Fsp3) is 0.0241. The summed E-state index contributed by atoms with van der Waals surface area (Å²) in [6.45, 7) is 4.33. The van der Waals surface area contributed by atoms with Crippen molar-refractivity contribution in [1.82, 2.24) is 19.5 Å². The number of benzene rings is 13. The molecule has 7 heteroatoms. The van der Waals surface area contributed by atoms with Crippen LogP contribution in [0, 0.1) is 13.8 Å². The Bertz CT molecular complexity index is 5020. The lowest BCUT2D eigenvalue weighted by atomic mass is 9.33. The van der Waals surface area contributed by atoms with Crippen molar-refractivity contribution in [3.63, 3.8) is 0 Å². The quantitative estimate of drug-likeness (QED) is 0.128. The minimum absolute atomic E-state index is 0.000204. The van der Waals surface area contributed by atoms with Crippen molar-refractivity contribution < 1.29 is 0 Å². The van der Waals surface area contributed by atoms with Crippen molar-refractivity contribution >= 4 is 79.0 Å². The molecule has 2 aromatic heterocycles. The first-order valence-electron chi connectivity index (χ1n) is 30.9. The summed E-state index contributed by atoms with van der Waals surface area (Å²) in [6, 6.07) is 113. The van der Waals surface area contributed by atoms with Crippen LogP contribution in [-0.4, -0.2) is 26.2 Å². The third-order valence-corrected chi connectivity index (χ3v) is 18.1. The van der Waals surface area contributed by atoms with Gasteiger partial charge in [-0.25, -0.2) is 15.0 Å². The average Bonchev–Trinajstić information content (AvgIpc) is 0.757. The minimum Gasteiger partial charge on any atom is -0.311 e. The predicted octanol–water partition coefficient (Wildman–Crippen LogP) is 19.3. The lowest BCUT2D eigenvalue weighted by Crippen LogP contribution is -2.61. The first-order chi connectivity index (χ1) is 44.4. The predicted molar refractivity (Wildman–Crippen MR) is 376 cm³/mol. The summed E-state index contributed by atoms with van der Waals surface area (Å²) in [5.74, 6) is 1.81. The highest BCUT2D eigenvalue weighted by atomic mass is 15.2. The highest BCUT2D eigenvalue weighted by molar-refractivity contribution is 7.00. The van der Waals surface area contributed by atoms with Gasteiger partial charge in [-0.3, -0.25) is 0 Å². The van der Waals surface area contributed by atoms with E-state index in [0.29, 0.717) is 17.5 Å². The number of hydrogen-bond donors (Lipinski definition) is 0. The lowest BCUT2D eigenvalue weighted by Gasteiger charge is -2.44. The number of rotatable bonds is 10. The molecule has 422 valence electrons. The van der Waals surface area contributed by atoms with E-state index in [1.807, 2.05) is 36.4 Å². The monoisotopic (exact) mass is 1150 g/mol. The Kier molecular flexibility index (Phi) is 12.7. The molecule has 2 aliphatic heterocycles. The summed E-state index contributed by atoms with van der Waals surface area (Å²) >= 11 is 0. The van der Waals surface area contributed by atoms with E-state index in [4.69, 9.17) is 15.0 Å². The molecule has 0 unspecified atom stereocenters. The van der Waals surface area contributed by atoms with Crippen LogP contribution in [0.4, 0.5) is 34.1 Å². The van der Waals surface area contributed by atoms with E-state index in [1.165, 1.54) is 71.9 Å². The van der Waals surface area contributed by atoms with E-state index in [-0.39, 0.29) is 6.71 Å². The molecule has 0 aliphatic carbocycles. The molecule has 6 nitrogen and oxygen atoms in total. The van der Waals surface area contributed by atoms with Crippen LogP contribution in [-0.2, 0) is 0 Å². The molecule has 0 saturated heterocycles. The summed E-state index contributed by atoms with van der Waals surface area (Å²) in [5, 5.41) is 2.35. The SMILES string of the molecule is Cc1cccc(-c2ccc3c(c2)c2cc(-c4cccc(C)c4)ccc2n3-c2ccc(-c3nc(-c4ccccc4)nc(-c4ccccc4)n3)cc2-c2cccc(-c3cc4c5c(c3)N(c3ccccc3)c3ccccc3B5c3ccccc3N4c3ccccc3)c2)c1. The molecule has 0 radical (unpaired) electrons. The largest absolute Gasteiger partial charge is 0.311 e. The Morgan fingerprint density at radius 3 is 1.17 bits per heavy atom. The zero-order valence-electron chi connectivity index (χ0n) is 49.7. The standard InChI is InChI=1S/C83H57BN6/c1-54-22-19-28-58(46-54)61-40-43-74-69(49-61)70-50-62(59-29-20-23-55(2)47-59)41-44-75(70)90(74)73-45-42-64(83-86-81(56-24-7-3-8-25-56)85-82(87-83)57-26-9-4-10-27-57)51-68(73)63-31-21-30-60(48-63)65-52-78-80-79(53-65)89(67-34-13-6-14-35-67)77-39-18-16-37-72(77)84(80)71-36-15-17-38-76(71)88(78)66-32-11-5-12-33-66/h3-53H,1-2H3. The summed E-state index contributed by atoms with van der Waals surface area (Å²) in [7, 11) is 0. The van der Waals surface area contributed by atoms with Crippen LogP contribution in [0.5, 0.6) is 0 Å². The van der Waals surface area contributed by atoms with Gasteiger partial charge in [0, 0.05) is 67.2 Å². The van der Waals surface area contributed by atoms with Gasteiger partial charge < -0.3 is 14.4 Å². The fourth-order valence-electron chi connectivity index (χ4n) is 14.0. The number of para-hydroxylation sites is 4. The Morgan fingerprint density at radius 2 is 0.667 bits per heavy atom. The van der Waals surface area contributed by atoms with Gasteiger partial charge in [-0.2, -0.15) is 0 Å². The summed E-state index contributed by atoms with van der Waals surface area (Å²) in [6.07, 6.45) is 0. The summed E-state index contributed by atoms with van der Waals surface area (Å²) in [5.41, 5.74) is 28.1. The molecule has 4 heterocycles. The van der Waals surface area contributed by atoms with Crippen LogP contribution in [0.1, 0.15) is 11.1 Å². The van der Waals surface area contributed by atoms with E-state index in [2.05, 4.69) is 301 Å². The Morgan fingerprint density at radius 1 is 0.267 bits per heavy atom. The molecule has 15 aromatic rings. The molecular weight excluding hydrogens is 1090 g/mol. The number of hydrogen-bond acceptors (Lipinski definition) is 5. The van der Waals surface area contributed by atoms with Crippen molar-refractivity contribution in [3.05, 3.63) is 321 Å². The van der Waals surface area contributed by atoms with Crippen LogP contribution < -0.4 is 26.2 Å². The Labute approximate surface area is 524 Å². The zero-order valence-corrected chi connectivity index (χ0v) is 49.7. The van der Waals surface area contributed by atoms with Gasteiger partial charge in [0.1, 0.15) is 0 Å². The zero-order chi connectivity index (χ0) is 59.8. The Balaban J connectivity index is 0.920. The van der Waals surface area contributed by atoms with E-state index >= 15 is 0 Å². The number of nitrogens with zero attached hydrogens (tertiary/aromatic N) is 6. The van der Waals surface area contributed by atoms with Crippen LogP contribution >= 0.6 is 0 Å². The molecule has 0 atom stereocenters. The van der Waals surface area contributed by atoms with Crippen LogP contribution in [0.2, 0.25) is 0 Å². The smallest absolute Gasteiger partial charge is 0.252 e. The number of fused-ring (bicyclic) bond motifs is 7. The molecular formula is C83H57BN6. The number of anilines is 6. The van der Waals surface area contributed by atoms with E-state index in [9.17, 15) is 0 Å². The molecule has 0 fully saturated rings. The van der Waals surface area contributed by atoms with Crippen molar-refractivity contribution in [2.45, 2.75) is 13.8 Å². The second kappa shape index (κ2) is 21.6. The highest BCUT2D eigenvalue weighted by Gasteiger charge is 2.43. The van der Waals surface area contributed by atoms with Gasteiger partial charge in [-0.1, -0.05) is 223 Å². The van der Waals surface area contributed by atoms with Crippen molar-refractivity contribution in [1.29, 1.82) is 0 Å². The van der Waals surface area contributed by atoms with Gasteiger partial charge in [-0.15, -0.1) is 0 Å². The maximum atomic E-state index is 5.31. The van der Waals surface area contributed by atoms with Crippen molar-refractivity contribution in [3.8, 4) is 84.4 Å². The normalized spacial score (nSPS) is 12.3. The second-order valence-electron chi connectivity index (χ2n) is 23.7. The first kappa shape index (κ1) is 52.6. The maximum Gasteiger partial charge on any atom is 0.252 e. The second-order valence-corrected chi connectivity index (χ2v) is 23.7. The van der Waals surface area contributed by atoms with Crippen molar-refractivity contribution in [2.75, 3.05) is 9.80 Å². The number of aromatic nitrogens is 4. The summed E-state index contributed by atoms with van der Waals surface area (Å²) in [4.78, 5) is 20.7. The lowest BCUT2D eigenvalue weighted by molar-refractivity contribution is 1.07. The minimum atomic E-state index is 0.000204. The summed E-state index contributed by atoms with van der Waals surface area (Å²) < 4.78 is 2.47. The fourth-order valence-corrected chi connectivity index (χ4v) is 14.0. The van der Waals surface area contributed by atoms with Crippen molar-refractivity contribution in [2.24, 2.45) is 0 Å². The molecule has 0 N–H and O–H groups in total. The molecule has 2 aliphatic rings.